The Morgan fingerprint density at radius 1 is 1.04 bits per heavy atom. The van der Waals surface area contributed by atoms with Gasteiger partial charge in [0.25, 0.3) is 11.8 Å². The van der Waals surface area contributed by atoms with Crippen molar-refractivity contribution in [3.8, 4) is 11.5 Å². The van der Waals surface area contributed by atoms with Gasteiger partial charge in [-0.2, -0.15) is 0 Å². The van der Waals surface area contributed by atoms with Crippen LogP contribution in [-0.4, -0.2) is 43.0 Å². The van der Waals surface area contributed by atoms with E-state index in [1.54, 1.807) is 50.4 Å². The first kappa shape index (κ1) is 18.8. The highest BCUT2D eigenvalue weighted by molar-refractivity contribution is 5.98. The molecule has 2 amide bonds. The maximum Gasteiger partial charge on any atom is 0.265 e. The van der Waals surface area contributed by atoms with Crippen molar-refractivity contribution in [2.45, 2.75) is 25.9 Å². The van der Waals surface area contributed by atoms with Crippen LogP contribution in [0.4, 0.5) is 5.69 Å². The van der Waals surface area contributed by atoms with Crippen LogP contribution < -0.4 is 14.8 Å². The summed E-state index contributed by atoms with van der Waals surface area (Å²) in [6.07, 6.45) is 1.36. The summed E-state index contributed by atoms with van der Waals surface area (Å²) in [7, 11) is 1.55. The van der Waals surface area contributed by atoms with Gasteiger partial charge in [0.05, 0.1) is 7.11 Å². The van der Waals surface area contributed by atoms with Crippen LogP contribution >= 0.6 is 0 Å². The number of carbonyl (C=O) groups excluding carboxylic acids is 2. The fourth-order valence-corrected chi connectivity index (χ4v) is 3.04. The minimum atomic E-state index is -0.723. The van der Waals surface area contributed by atoms with Crippen LogP contribution in [0.2, 0.25) is 0 Å². The summed E-state index contributed by atoms with van der Waals surface area (Å²) in [6, 6.07) is 14.2. The van der Waals surface area contributed by atoms with E-state index >= 15 is 0 Å². The first-order chi connectivity index (χ1) is 13.1. The highest BCUT2D eigenvalue weighted by Crippen LogP contribution is 2.27. The number of nitrogens with one attached hydrogen (secondary N) is 1. The number of ether oxygens (including phenoxy) is 2. The number of hydrogen-bond acceptors (Lipinski definition) is 4. The van der Waals surface area contributed by atoms with Gasteiger partial charge in [-0.3, -0.25) is 9.59 Å². The van der Waals surface area contributed by atoms with Crippen LogP contribution in [-0.2, 0) is 4.79 Å². The lowest BCUT2D eigenvalue weighted by atomic mass is 10.1. The lowest BCUT2D eigenvalue weighted by Crippen LogP contribution is -2.30. The second-order valence-electron chi connectivity index (χ2n) is 6.48. The van der Waals surface area contributed by atoms with Gasteiger partial charge < -0.3 is 19.7 Å². The van der Waals surface area contributed by atoms with E-state index in [1.165, 1.54) is 0 Å². The van der Waals surface area contributed by atoms with Gasteiger partial charge in [-0.15, -0.1) is 0 Å². The molecule has 0 radical (unpaired) electrons. The molecule has 1 aliphatic rings. The Morgan fingerprint density at radius 2 is 1.74 bits per heavy atom. The number of nitrogens with zero attached hydrogens (tertiary/aromatic N) is 1. The fraction of sp³-hybridized carbons (Fsp3) is 0.333. The second-order valence-corrected chi connectivity index (χ2v) is 6.48. The van der Waals surface area contributed by atoms with Crippen LogP contribution in [0.15, 0.2) is 48.5 Å². The molecule has 2 aromatic rings. The van der Waals surface area contributed by atoms with Gasteiger partial charge in [0.1, 0.15) is 0 Å². The first-order valence-electron chi connectivity index (χ1n) is 9.08. The smallest absolute Gasteiger partial charge is 0.265 e. The zero-order valence-corrected chi connectivity index (χ0v) is 15.6. The molecule has 0 spiro atoms. The predicted molar refractivity (Wildman–Crippen MR) is 103 cm³/mol. The average Bonchev–Trinajstić information content (AvgIpc) is 3.22. The number of methoxy groups -OCH3 is 1. The number of benzene rings is 2. The number of likely N-dealkylation sites (tertiary alicyclic amines) is 1. The second kappa shape index (κ2) is 8.58. The molecule has 0 aromatic heterocycles. The van der Waals surface area contributed by atoms with Crippen LogP contribution in [0.25, 0.3) is 0 Å². The standard InChI is InChI=1S/C21H24N2O4/c1-15(27-19-11-4-3-10-18(19)26-2)20(24)22-17-9-7-8-16(14-17)21(25)23-12-5-6-13-23/h3-4,7-11,14-15H,5-6,12-13H2,1-2H3,(H,22,24). The van der Waals surface area contributed by atoms with Gasteiger partial charge in [0.15, 0.2) is 17.6 Å². The molecule has 6 heteroatoms. The molecule has 1 atom stereocenters. The first-order valence-corrected chi connectivity index (χ1v) is 9.08. The molecule has 27 heavy (non-hydrogen) atoms. The highest BCUT2D eigenvalue weighted by Gasteiger charge is 2.21. The molecule has 0 bridgehead atoms. The topological polar surface area (TPSA) is 67.9 Å². The lowest BCUT2D eigenvalue weighted by Gasteiger charge is -2.18. The Labute approximate surface area is 159 Å². The van der Waals surface area contributed by atoms with Crippen molar-refractivity contribution in [2.24, 2.45) is 0 Å². The van der Waals surface area contributed by atoms with Gasteiger partial charge in [-0.25, -0.2) is 0 Å². The average molecular weight is 368 g/mol. The molecule has 142 valence electrons. The molecule has 2 aromatic carbocycles. The Morgan fingerprint density at radius 3 is 2.44 bits per heavy atom. The van der Waals surface area contributed by atoms with E-state index in [9.17, 15) is 9.59 Å². The van der Waals surface area contributed by atoms with E-state index < -0.39 is 6.10 Å². The maximum absolute atomic E-state index is 12.5. The zero-order valence-electron chi connectivity index (χ0n) is 15.6. The van der Waals surface area contributed by atoms with E-state index in [0.717, 1.165) is 25.9 Å². The summed E-state index contributed by atoms with van der Waals surface area (Å²) in [5, 5.41) is 2.81. The molecule has 1 heterocycles. The van der Waals surface area contributed by atoms with Crippen molar-refractivity contribution < 1.29 is 19.1 Å². The van der Waals surface area contributed by atoms with Crippen LogP contribution in [0.5, 0.6) is 11.5 Å². The molecular formula is C21H24N2O4. The molecule has 1 N–H and O–H groups in total. The molecule has 0 aliphatic carbocycles. The SMILES string of the molecule is COc1ccccc1OC(C)C(=O)Nc1cccc(C(=O)N2CCCC2)c1. The van der Waals surface area contributed by atoms with E-state index in [2.05, 4.69) is 5.32 Å². The van der Waals surface area contributed by atoms with Crippen LogP contribution in [0.3, 0.4) is 0 Å². The minimum Gasteiger partial charge on any atom is -0.493 e. The van der Waals surface area contributed by atoms with Crippen molar-refractivity contribution >= 4 is 17.5 Å². The van der Waals surface area contributed by atoms with E-state index in [0.29, 0.717) is 22.7 Å². The Bertz CT molecular complexity index is 815. The van der Waals surface area contributed by atoms with E-state index in [4.69, 9.17) is 9.47 Å². The fourth-order valence-electron chi connectivity index (χ4n) is 3.04. The minimum absolute atomic E-state index is 0.00178. The predicted octanol–water partition coefficient (Wildman–Crippen LogP) is 3.34. The number of para-hydroxylation sites is 2. The van der Waals surface area contributed by atoms with Gasteiger partial charge in [0.2, 0.25) is 0 Å². The molecule has 6 nitrogen and oxygen atoms in total. The summed E-state index contributed by atoms with van der Waals surface area (Å²) in [4.78, 5) is 26.8. The number of hydrogen-bond donors (Lipinski definition) is 1. The Balaban J connectivity index is 1.65. The van der Waals surface area contributed by atoms with Gasteiger partial charge >= 0.3 is 0 Å². The summed E-state index contributed by atoms with van der Waals surface area (Å²) in [6.45, 7) is 3.25. The number of rotatable bonds is 6. The van der Waals surface area contributed by atoms with Crippen LogP contribution in [0.1, 0.15) is 30.1 Å². The quantitative estimate of drug-likeness (QED) is 0.849. The van der Waals surface area contributed by atoms with Crippen molar-refractivity contribution in [3.63, 3.8) is 0 Å². The van der Waals surface area contributed by atoms with Crippen molar-refractivity contribution in [3.05, 3.63) is 54.1 Å². The molecular weight excluding hydrogens is 344 g/mol. The van der Waals surface area contributed by atoms with Gasteiger partial charge in [-0.1, -0.05) is 18.2 Å². The van der Waals surface area contributed by atoms with E-state index in [1.807, 2.05) is 17.0 Å². The zero-order chi connectivity index (χ0) is 19.2. The molecule has 1 saturated heterocycles. The molecule has 1 aliphatic heterocycles. The molecule has 1 fully saturated rings. The number of anilines is 1. The normalized spacial score (nSPS) is 14.5. The highest BCUT2D eigenvalue weighted by atomic mass is 16.5. The monoisotopic (exact) mass is 368 g/mol. The van der Waals surface area contributed by atoms with Crippen molar-refractivity contribution in [2.75, 3.05) is 25.5 Å². The lowest BCUT2D eigenvalue weighted by molar-refractivity contribution is -0.122. The third-order valence-corrected chi connectivity index (χ3v) is 4.51. The van der Waals surface area contributed by atoms with Gasteiger partial charge in [-0.05, 0) is 50.1 Å². The largest absolute Gasteiger partial charge is 0.493 e. The number of amides is 2. The van der Waals surface area contributed by atoms with Gasteiger partial charge in [0, 0.05) is 24.3 Å². The Hall–Kier alpha value is -3.02. The third kappa shape index (κ3) is 4.58. The molecule has 0 saturated carbocycles. The summed E-state index contributed by atoms with van der Waals surface area (Å²) in [5.41, 5.74) is 1.15. The van der Waals surface area contributed by atoms with Crippen molar-refractivity contribution in [1.82, 2.24) is 4.90 Å². The Kier molecular flexibility index (Phi) is 5.96. The van der Waals surface area contributed by atoms with Crippen LogP contribution in [0, 0.1) is 0 Å². The molecule has 3 rings (SSSR count). The number of carbonyl (C=O) groups is 2. The third-order valence-electron chi connectivity index (χ3n) is 4.51. The summed E-state index contributed by atoms with van der Waals surface area (Å²) in [5.74, 6) is 0.768. The van der Waals surface area contributed by atoms with E-state index in [-0.39, 0.29) is 11.8 Å². The summed E-state index contributed by atoms with van der Waals surface area (Å²) >= 11 is 0. The van der Waals surface area contributed by atoms with Crippen molar-refractivity contribution in [1.29, 1.82) is 0 Å². The summed E-state index contributed by atoms with van der Waals surface area (Å²) < 4.78 is 11.0. The molecule has 1 unspecified atom stereocenters. The maximum atomic E-state index is 12.5.